The molecule has 4 heteroatoms. The molecule has 1 fully saturated rings. The maximum Gasteiger partial charge on any atom is 0.138 e. The highest BCUT2D eigenvalue weighted by molar-refractivity contribution is 5.66. The average Bonchev–Trinajstić information content (AvgIpc) is 2.58. The first-order valence-corrected chi connectivity index (χ1v) is 8.55. The van der Waals surface area contributed by atoms with Gasteiger partial charge in [-0.3, -0.25) is 0 Å². The van der Waals surface area contributed by atoms with Crippen molar-refractivity contribution in [2.45, 2.75) is 51.4 Å². The van der Waals surface area contributed by atoms with Gasteiger partial charge in [0.25, 0.3) is 0 Å². The van der Waals surface area contributed by atoms with Crippen LogP contribution in [-0.4, -0.2) is 10.2 Å². The lowest BCUT2D eigenvalue weighted by molar-refractivity contribution is 0.343. The van der Waals surface area contributed by atoms with Gasteiger partial charge in [0.2, 0.25) is 0 Å². The van der Waals surface area contributed by atoms with Gasteiger partial charge in [-0.25, -0.2) is 0 Å². The van der Waals surface area contributed by atoms with Gasteiger partial charge in [0.15, 0.2) is 0 Å². The summed E-state index contributed by atoms with van der Waals surface area (Å²) in [6.45, 7) is 3.94. The number of hydrogen-bond acceptors (Lipinski definition) is 4. The van der Waals surface area contributed by atoms with Crippen LogP contribution in [0.1, 0.15) is 54.4 Å². The van der Waals surface area contributed by atoms with Crippen LogP contribution >= 0.6 is 0 Å². The van der Waals surface area contributed by atoms with Crippen LogP contribution < -0.4 is 11.5 Å². The normalized spacial score (nSPS) is 16.9. The molecule has 2 aromatic rings. The summed E-state index contributed by atoms with van der Waals surface area (Å²) >= 11 is 0. The van der Waals surface area contributed by atoms with E-state index >= 15 is 0 Å². The summed E-state index contributed by atoms with van der Waals surface area (Å²) in [5.74, 6) is 0.258. The maximum absolute atomic E-state index is 9.93. The Morgan fingerprint density at radius 3 is 1.58 bits per heavy atom. The minimum atomic E-state index is -0.171. The number of anilines is 2. The van der Waals surface area contributed by atoms with E-state index in [2.05, 4.69) is 0 Å². The van der Waals surface area contributed by atoms with Crippen LogP contribution in [0.3, 0.4) is 0 Å². The van der Waals surface area contributed by atoms with E-state index in [0.717, 1.165) is 47.9 Å². The Labute approximate surface area is 143 Å². The molecule has 4 nitrogen and oxygen atoms in total. The minimum absolute atomic E-state index is 0.129. The number of phenols is 2. The van der Waals surface area contributed by atoms with Crippen LogP contribution in [0.4, 0.5) is 11.4 Å². The van der Waals surface area contributed by atoms with Crippen molar-refractivity contribution in [3.63, 3.8) is 0 Å². The summed E-state index contributed by atoms with van der Waals surface area (Å²) in [5.41, 5.74) is 17.1. The Bertz CT molecular complexity index is 718. The zero-order chi connectivity index (χ0) is 17.5. The van der Waals surface area contributed by atoms with Crippen LogP contribution in [0.5, 0.6) is 11.5 Å². The standard InChI is InChI=1S/C20H26N2O2/c1-12-14(6-8-16(23)18(12)21)20(10-4-3-5-11-20)15-7-9-17(24)19(22)13(15)2/h6-9,23-24H,3-5,10-11,21-22H2,1-2H3. The zero-order valence-corrected chi connectivity index (χ0v) is 14.4. The van der Waals surface area contributed by atoms with Crippen LogP contribution in [0.2, 0.25) is 0 Å². The van der Waals surface area contributed by atoms with Crippen molar-refractivity contribution in [2.75, 3.05) is 11.5 Å². The van der Waals surface area contributed by atoms with Gasteiger partial charge in [-0.15, -0.1) is 0 Å². The summed E-state index contributed by atoms with van der Waals surface area (Å²) in [6, 6.07) is 7.36. The van der Waals surface area contributed by atoms with Crippen LogP contribution in [0.15, 0.2) is 24.3 Å². The summed E-state index contributed by atoms with van der Waals surface area (Å²) in [4.78, 5) is 0. The van der Waals surface area contributed by atoms with Crippen molar-refractivity contribution in [2.24, 2.45) is 0 Å². The van der Waals surface area contributed by atoms with Gasteiger partial charge in [0.1, 0.15) is 11.5 Å². The van der Waals surface area contributed by atoms with Gasteiger partial charge >= 0.3 is 0 Å². The summed E-state index contributed by atoms with van der Waals surface area (Å²) in [5, 5.41) is 19.9. The van der Waals surface area contributed by atoms with E-state index in [1.165, 1.54) is 6.42 Å². The summed E-state index contributed by atoms with van der Waals surface area (Å²) < 4.78 is 0. The second-order valence-electron chi connectivity index (χ2n) is 6.98. The fraction of sp³-hybridized carbons (Fsp3) is 0.400. The fourth-order valence-electron chi connectivity index (χ4n) is 4.30. The second-order valence-corrected chi connectivity index (χ2v) is 6.98. The Morgan fingerprint density at radius 1 is 0.750 bits per heavy atom. The molecule has 3 rings (SSSR count). The van der Waals surface area contributed by atoms with Crippen molar-refractivity contribution >= 4 is 11.4 Å². The fourth-order valence-corrected chi connectivity index (χ4v) is 4.30. The van der Waals surface area contributed by atoms with Gasteiger partial charge in [-0.2, -0.15) is 0 Å². The van der Waals surface area contributed by atoms with E-state index in [1.54, 1.807) is 12.1 Å². The van der Waals surface area contributed by atoms with Crippen LogP contribution in [0, 0.1) is 13.8 Å². The first kappa shape index (κ1) is 16.5. The smallest absolute Gasteiger partial charge is 0.138 e. The molecule has 1 saturated carbocycles. The summed E-state index contributed by atoms with van der Waals surface area (Å²) in [7, 11) is 0. The SMILES string of the molecule is Cc1c(C2(c3ccc(O)c(N)c3C)CCCCC2)ccc(O)c1N. The molecule has 24 heavy (non-hydrogen) atoms. The van der Waals surface area contributed by atoms with E-state index in [0.29, 0.717) is 11.4 Å². The Hall–Kier alpha value is -2.36. The number of aromatic hydroxyl groups is 2. The van der Waals surface area contributed by atoms with Crippen molar-refractivity contribution < 1.29 is 10.2 Å². The van der Waals surface area contributed by atoms with Gasteiger partial charge in [-0.1, -0.05) is 31.4 Å². The molecule has 0 amide bonds. The molecule has 1 aliphatic rings. The largest absolute Gasteiger partial charge is 0.506 e. The third-order valence-electron chi connectivity index (χ3n) is 5.72. The lowest BCUT2D eigenvalue weighted by Gasteiger charge is -2.41. The number of benzene rings is 2. The molecular weight excluding hydrogens is 300 g/mol. The van der Waals surface area contributed by atoms with Crippen molar-refractivity contribution in [1.82, 2.24) is 0 Å². The van der Waals surface area contributed by atoms with Crippen molar-refractivity contribution in [3.05, 3.63) is 46.5 Å². The molecule has 1 aliphatic carbocycles. The van der Waals surface area contributed by atoms with Gasteiger partial charge in [0.05, 0.1) is 11.4 Å². The first-order valence-electron chi connectivity index (χ1n) is 8.55. The second kappa shape index (κ2) is 5.93. The molecule has 0 aromatic heterocycles. The topological polar surface area (TPSA) is 92.5 Å². The van der Waals surface area contributed by atoms with Crippen LogP contribution in [-0.2, 0) is 5.41 Å². The average molecular weight is 326 g/mol. The number of rotatable bonds is 2. The predicted octanol–water partition coefficient (Wildman–Crippen LogP) is 4.13. The minimum Gasteiger partial charge on any atom is -0.506 e. The predicted molar refractivity (Wildman–Crippen MR) is 98.4 cm³/mol. The lowest BCUT2D eigenvalue weighted by atomic mass is 9.63. The Kier molecular flexibility index (Phi) is 4.08. The van der Waals surface area contributed by atoms with Gasteiger partial charge in [0, 0.05) is 5.41 Å². The molecule has 0 aliphatic heterocycles. The molecule has 0 heterocycles. The first-order chi connectivity index (χ1) is 11.4. The highest BCUT2D eigenvalue weighted by atomic mass is 16.3. The molecule has 128 valence electrons. The van der Waals surface area contributed by atoms with E-state index in [-0.39, 0.29) is 16.9 Å². The summed E-state index contributed by atoms with van der Waals surface area (Å²) in [6.07, 6.45) is 5.54. The molecule has 0 bridgehead atoms. The highest BCUT2D eigenvalue weighted by Crippen LogP contribution is 2.50. The third kappa shape index (κ3) is 2.37. The molecule has 0 unspecified atom stereocenters. The Morgan fingerprint density at radius 2 is 1.17 bits per heavy atom. The van der Waals surface area contributed by atoms with E-state index in [9.17, 15) is 10.2 Å². The maximum atomic E-state index is 9.93. The van der Waals surface area contributed by atoms with Gasteiger partial charge < -0.3 is 21.7 Å². The molecule has 2 aromatic carbocycles. The molecule has 0 radical (unpaired) electrons. The molecule has 0 spiro atoms. The van der Waals surface area contributed by atoms with Crippen molar-refractivity contribution in [3.8, 4) is 11.5 Å². The van der Waals surface area contributed by atoms with Crippen LogP contribution in [0.25, 0.3) is 0 Å². The molecule has 0 atom stereocenters. The third-order valence-corrected chi connectivity index (χ3v) is 5.72. The molecule has 0 saturated heterocycles. The Balaban J connectivity index is 2.28. The molecule has 6 N–H and O–H groups in total. The van der Waals surface area contributed by atoms with E-state index in [4.69, 9.17) is 11.5 Å². The number of hydrogen-bond donors (Lipinski definition) is 4. The van der Waals surface area contributed by atoms with E-state index < -0.39 is 0 Å². The number of nitrogen functional groups attached to an aromatic ring is 2. The van der Waals surface area contributed by atoms with E-state index in [1.807, 2.05) is 26.0 Å². The number of phenolic OH excluding ortho intramolecular Hbond substituents is 2. The monoisotopic (exact) mass is 326 g/mol. The quantitative estimate of drug-likeness (QED) is 0.493. The lowest BCUT2D eigenvalue weighted by Crippen LogP contribution is -2.32. The zero-order valence-electron chi connectivity index (χ0n) is 14.4. The van der Waals surface area contributed by atoms with Gasteiger partial charge in [-0.05, 0) is 61.1 Å². The number of nitrogens with two attached hydrogens (primary N) is 2. The molecular formula is C20H26N2O2. The highest BCUT2D eigenvalue weighted by Gasteiger charge is 2.39. The van der Waals surface area contributed by atoms with Crippen molar-refractivity contribution in [1.29, 1.82) is 0 Å².